The first-order valence-electron chi connectivity index (χ1n) is 6.16. The van der Waals surface area contributed by atoms with E-state index in [-0.39, 0.29) is 6.07 Å². The maximum Gasteiger partial charge on any atom is 0.416 e. The van der Waals surface area contributed by atoms with Crippen LogP contribution in [0.1, 0.15) is 11.1 Å². The molecule has 0 radical (unpaired) electrons. The normalized spacial score (nSPS) is 13.1. The Morgan fingerprint density at radius 2 is 1.25 bits per heavy atom. The second-order valence-corrected chi connectivity index (χ2v) is 6.16. The summed E-state index contributed by atoms with van der Waals surface area (Å²) in [5.74, 6) is 0. The minimum absolute atomic E-state index is 0.0699. The van der Waals surface area contributed by atoms with Gasteiger partial charge in [-0.3, -0.25) is 4.55 Å². The van der Waals surface area contributed by atoms with Crippen LogP contribution >= 0.6 is 0 Å². The van der Waals surface area contributed by atoms with Crippen molar-refractivity contribution in [3.8, 4) is 11.1 Å². The molecule has 0 unspecified atom stereocenters. The van der Waals surface area contributed by atoms with Gasteiger partial charge in [-0.2, -0.15) is 34.8 Å². The molecule has 130 valence electrons. The van der Waals surface area contributed by atoms with E-state index < -0.39 is 49.6 Å². The van der Waals surface area contributed by atoms with E-state index >= 15 is 0 Å². The van der Waals surface area contributed by atoms with Crippen LogP contribution in [-0.2, 0) is 22.5 Å². The Morgan fingerprint density at radius 3 is 1.67 bits per heavy atom. The molecular weight excluding hydrogens is 362 g/mol. The van der Waals surface area contributed by atoms with Crippen molar-refractivity contribution in [3.63, 3.8) is 0 Å². The van der Waals surface area contributed by atoms with Crippen LogP contribution in [0.25, 0.3) is 11.1 Å². The van der Waals surface area contributed by atoms with E-state index in [1.54, 1.807) is 0 Å². The summed E-state index contributed by atoms with van der Waals surface area (Å²) in [6.45, 7) is 0. The summed E-state index contributed by atoms with van der Waals surface area (Å²) in [7, 11) is -4.84. The molecule has 0 spiro atoms. The van der Waals surface area contributed by atoms with Gasteiger partial charge >= 0.3 is 12.4 Å². The molecule has 0 saturated heterocycles. The predicted octanol–water partition coefficient (Wildman–Crippen LogP) is 4.64. The first-order valence-corrected chi connectivity index (χ1v) is 7.60. The summed E-state index contributed by atoms with van der Waals surface area (Å²) < 4.78 is 109. The summed E-state index contributed by atoms with van der Waals surface area (Å²) in [6, 6.07) is 4.97. The van der Waals surface area contributed by atoms with Crippen LogP contribution in [0.15, 0.2) is 47.4 Å². The lowest BCUT2D eigenvalue weighted by Crippen LogP contribution is -2.11. The van der Waals surface area contributed by atoms with Crippen molar-refractivity contribution in [2.75, 3.05) is 0 Å². The van der Waals surface area contributed by atoms with E-state index in [1.165, 1.54) is 12.1 Å². The van der Waals surface area contributed by atoms with E-state index in [9.17, 15) is 34.8 Å². The fourth-order valence-corrected chi connectivity index (χ4v) is 2.75. The molecule has 0 fully saturated rings. The zero-order chi connectivity index (χ0) is 18.3. The molecule has 2 aromatic carbocycles. The minimum atomic E-state index is -5.07. The van der Waals surface area contributed by atoms with Crippen molar-refractivity contribution < 1.29 is 39.3 Å². The molecule has 0 heterocycles. The molecule has 0 aliphatic rings. The number of hydrogen-bond donors (Lipinski definition) is 1. The standard InChI is InChI=1S/C14H8F6O3S/c15-13(16,17)9-5-8(6-10(7-9)14(18,19)20)11-3-1-2-4-12(11)24(21,22)23/h1-7H,(H,21,22,23). The van der Waals surface area contributed by atoms with Crippen molar-refractivity contribution in [1.82, 2.24) is 0 Å². The number of alkyl halides is 6. The molecule has 1 N–H and O–H groups in total. The topological polar surface area (TPSA) is 54.4 Å². The van der Waals surface area contributed by atoms with Crippen molar-refractivity contribution in [3.05, 3.63) is 53.6 Å². The average molecular weight is 370 g/mol. The minimum Gasteiger partial charge on any atom is -0.282 e. The van der Waals surface area contributed by atoms with Crippen molar-refractivity contribution in [2.45, 2.75) is 17.2 Å². The second-order valence-electron chi connectivity index (χ2n) is 4.77. The molecule has 10 heteroatoms. The van der Waals surface area contributed by atoms with E-state index in [4.69, 9.17) is 4.55 Å². The highest BCUT2D eigenvalue weighted by Crippen LogP contribution is 2.39. The van der Waals surface area contributed by atoms with Gasteiger partial charge in [0.25, 0.3) is 10.1 Å². The molecule has 0 aromatic heterocycles. The van der Waals surface area contributed by atoms with Gasteiger partial charge in [0.15, 0.2) is 0 Å². The second kappa shape index (κ2) is 5.78. The van der Waals surface area contributed by atoms with Gasteiger partial charge in [0, 0.05) is 5.56 Å². The molecule has 0 aliphatic heterocycles. The van der Waals surface area contributed by atoms with Gasteiger partial charge in [-0.05, 0) is 29.8 Å². The fourth-order valence-electron chi connectivity index (χ4n) is 2.04. The van der Waals surface area contributed by atoms with Crippen LogP contribution in [0.4, 0.5) is 26.3 Å². The summed E-state index contributed by atoms with van der Waals surface area (Å²) in [4.78, 5) is -0.794. The Morgan fingerprint density at radius 1 is 0.792 bits per heavy atom. The lowest BCUT2D eigenvalue weighted by Gasteiger charge is -2.15. The Bertz CT molecular complexity index is 837. The molecule has 0 atom stereocenters. The van der Waals surface area contributed by atoms with Crippen LogP contribution in [-0.4, -0.2) is 13.0 Å². The van der Waals surface area contributed by atoms with Crippen LogP contribution in [0.3, 0.4) is 0 Å². The molecule has 3 nitrogen and oxygen atoms in total. The molecule has 0 aliphatic carbocycles. The molecule has 2 rings (SSSR count). The van der Waals surface area contributed by atoms with Gasteiger partial charge in [0.2, 0.25) is 0 Å². The van der Waals surface area contributed by atoms with Crippen LogP contribution in [0.5, 0.6) is 0 Å². The van der Waals surface area contributed by atoms with Crippen LogP contribution in [0, 0.1) is 0 Å². The smallest absolute Gasteiger partial charge is 0.282 e. The third-order valence-corrected chi connectivity index (χ3v) is 3.98. The van der Waals surface area contributed by atoms with Crippen molar-refractivity contribution in [2.24, 2.45) is 0 Å². The van der Waals surface area contributed by atoms with Crippen molar-refractivity contribution in [1.29, 1.82) is 0 Å². The van der Waals surface area contributed by atoms with Gasteiger partial charge in [0.05, 0.1) is 11.1 Å². The Balaban J connectivity index is 2.81. The van der Waals surface area contributed by atoms with Gasteiger partial charge in [-0.25, -0.2) is 0 Å². The predicted molar refractivity (Wildman–Crippen MR) is 71.7 cm³/mol. The molecule has 0 bridgehead atoms. The lowest BCUT2D eigenvalue weighted by atomic mass is 9.99. The average Bonchev–Trinajstić information content (AvgIpc) is 2.44. The van der Waals surface area contributed by atoms with Gasteiger partial charge < -0.3 is 0 Å². The quantitative estimate of drug-likeness (QED) is 0.619. The Labute approximate surface area is 132 Å². The van der Waals surface area contributed by atoms with E-state index in [0.29, 0.717) is 12.1 Å². The SMILES string of the molecule is O=S(=O)(O)c1ccccc1-c1cc(C(F)(F)F)cc(C(F)(F)F)c1. The third-order valence-electron chi connectivity index (χ3n) is 3.06. The molecule has 0 saturated carbocycles. The van der Waals surface area contributed by atoms with E-state index in [1.807, 2.05) is 0 Å². The summed E-state index contributed by atoms with van der Waals surface area (Å²) in [5.41, 5.74) is -4.28. The maximum atomic E-state index is 12.9. The first-order chi connectivity index (χ1) is 10.8. The third kappa shape index (κ3) is 3.88. The highest BCUT2D eigenvalue weighted by Gasteiger charge is 2.37. The summed E-state index contributed by atoms with van der Waals surface area (Å²) in [6.07, 6.45) is -10.1. The van der Waals surface area contributed by atoms with Gasteiger partial charge in [0.1, 0.15) is 4.90 Å². The maximum absolute atomic E-state index is 12.9. The van der Waals surface area contributed by atoms with E-state index in [2.05, 4.69) is 0 Å². The largest absolute Gasteiger partial charge is 0.416 e. The number of benzene rings is 2. The number of rotatable bonds is 2. The van der Waals surface area contributed by atoms with Gasteiger partial charge in [-0.15, -0.1) is 0 Å². The Kier molecular flexibility index (Phi) is 4.40. The summed E-state index contributed by atoms with van der Waals surface area (Å²) >= 11 is 0. The highest BCUT2D eigenvalue weighted by molar-refractivity contribution is 7.86. The first kappa shape index (κ1) is 18.3. The van der Waals surface area contributed by atoms with E-state index in [0.717, 1.165) is 12.1 Å². The van der Waals surface area contributed by atoms with Crippen LogP contribution in [0.2, 0.25) is 0 Å². The highest BCUT2D eigenvalue weighted by atomic mass is 32.2. The lowest BCUT2D eigenvalue weighted by molar-refractivity contribution is -0.143. The molecular formula is C14H8F6O3S. The molecule has 2 aromatic rings. The zero-order valence-corrected chi connectivity index (χ0v) is 12.3. The zero-order valence-electron chi connectivity index (χ0n) is 11.5. The number of halogens is 6. The molecule has 24 heavy (non-hydrogen) atoms. The summed E-state index contributed by atoms with van der Waals surface area (Å²) in [5, 5.41) is 0. The number of hydrogen-bond acceptors (Lipinski definition) is 2. The van der Waals surface area contributed by atoms with Crippen LogP contribution < -0.4 is 0 Å². The van der Waals surface area contributed by atoms with Crippen molar-refractivity contribution >= 4 is 10.1 Å². The monoisotopic (exact) mass is 370 g/mol. The fraction of sp³-hybridized carbons (Fsp3) is 0.143. The Hall–Kier alpha value is -2.07. The molecule has 0 amide bonds. The van der Waals surface area contributed by atoms with Gasteiger partial charge in [-0.1, -0.05) is 18.2 Å².